The molecule has 0 aliphatic rings. The number of benzene rings is 2. The molecule has 2 aromatic carbocycles. The van der Waals surface area contributed by atoms with Crippen molar-refractivity contribution in [2.75, 3.05) is 17.7 Å². The molecule has 3 nitrogen and oxygen atoms in total. The van der Waals surface area contributed by atoms with E-state index in [9.17, 15) is 13.6 Å². The van der Waals surface area contributed by atoms with Crippen LogP contribution in [0.1, 0.15) is 10.4 Å². The van der Waals surface area contributed by atoms with Gasteiger partial charge in [0.05, 0.1) is 0 Å². The van der Waals surface area contributed by atoms with Crippen molar-refractivity contribution in [3.8, 4) is 0 Å². The number of nitrogen functional groups attached to an aromatic ring is 1. The molecule has 0 radical (unpaired) electrons. The lowest BCUT2D eigenvalue weighted by molar-refractivity contribution is 0.0992. The molecule has 0 bridgehead atoms. The van der Waals surface area contributed by atoms with Crippen molar-refractivity contribution in [1.82, 2.24) is 0 Å². The highest BCUT2D eigenvalue weighted by Crippen LogP contribution is 2.19. The van der Waals surface area contributed by atoms with E-state index in [1.54, 1.807) is 31.3 Å². The summed E-state index contributed by atoms with van der Waals surface area (Å²) in [5, 5.41) is 0. The summed E-state index contributed by atoms with van der Waals surface area (Å²) in [6, 6.07) is 9.77. The number of halogens is 2. The smallest absolute Gasteiger partial charge is 0.258 e. The van der Waals surface area contributed by atoms with E-state index in [2.05, 4.69) is 0 Å². The summed E-state index contributed by atoms with van der Waals surface area (Å²) >= 11 is 0. The molecule has 2 aromatic rings. The first-order chi connectivity index (χ1) is 8.99. The van der Waals surface area contributed by atoms with Crippen LogP contribution >= 0.6 is 0 Å². The summed E-state index contributed by atoms with van der Waals surface area (Å²) in [6.45, 7) is 0. The molecule has 0 heterocycles. The van der Waals surface area contributed by atoms with Gasteiger partial charge in [0.25, 0.3) is 5.91 Å². The summed E-state index contributed by atoms with van der Waals surface area (Å²) in [6.07, 6.45) is 0. The quantitative estimate of drug-likeness (QED) is 0.846. The molecule has 0 saturated heterocycles. The van der Waals surface area contributed by atoms with Crippen molar-refractivity contribution in [1.29, 1.82) is 0 Å². The van der Waals surface area contributed by atoms with Crippen LogP contribution in [-0.2, 0) is 0 Å². The molecule has 0 aliphatic carbocycles. The minimum absolute atomic E-state index is 0.0730. The minimum atomic E-state index is -1.05. The van der Waals surface area contributed by atoms with Crippen LogP contribution in [0.15, 0.2) is 42.5 Å². The molecule has 1 amide bonds. The van der Waals surface area contributed by atoms with Gasteiger partial charge in [0, 0.05) is 24.0 Å². The van der Waals surface area contributed by atoms with E-state index < -0.39 is 17.5 Å². The Labute approximate surface area is 109 Å². The van der Waals surface area contributed by atoms with Gasteiger partial charge in [-0.1, -0.05) is 6.07 Å². The maximum atomic E-state index is 13.1. The van der Waals surface area contributed by atoms with Crippen LogP contribution < -0.4 is 10.6 Å². The van der Waals surface area contributed by atoms with Crippen LogP contribution in [0.4, 0.5) is 20.2 Å². The second-order valence-corrected chi connectivity index (χ2v) is 4.09. The van der Waals surface area contributed by atoms with Crippen molar-refractivity contribution in [2.45, 2.75) is 0 Å². The molecule has 5 heteroatoms. The lowest BCUT2D eigenvalue weighted by Gasteiger charge is -2.17. The van der Waals surface area contributed by atoms with E-state index in [0.29, 0.717) is 11.4 Å². The van der Waals surface area contributed by atoms with Gasteiger partial charge in [-0.2, -0.15) is 0 Å². The summed E-state index contributed by atoms with van der Waals surface area (Å²) in [7, 11) is 1.54. The van der Waals surface area contributed by atoms with Gasteiger partial charge in [0.1, 0.15) is 0 Å². The van der Waals surface area contributed by atoms with Crippen LogP contribution in [0.3, 0.4) is 0 Å². The monoisotopic (exact) mass is 262 g/mol. The van der Waals surface area contributed by atoms with Gasteiger partial charge < -0.3 is 10.6 Å². The predicted octanol–water partition coefficient (Wildman–Crippen LogP) is 2.82. The molecule has 0 spiro atoms. The Balaban J connectivity index is 2.30. The van der Waals surface area contributed by atoms with Crippen LogP contribution in [0.5, 0.6) is 0 Å². The van der Waals surface area contributed by atoms with Gasteiger partial charge in [-0.25, -0.2) is 8.78 Å². The normalized spacial score (nSPS) is 10.3. The highest BCUT2D eigenvalue weighted by molar-refractivity contribution is 6.05. The van der Waals surface area contributed by atoms with Crippen molar-refractivity contribution in [2.24, 2.45) is 0 Å². The first-order valence-corrected chi connectivity index (χ1v) is 5.57. The number of hydrogen-bond acceptors (Lipinski definition) is 2. The van der Waals surface area contributed by atoms with Gasteiger partial charge in [0.2, 0.25) is 0 Å². The molecule has 0 fully saturated rings. The zero-order chi connectivity index (χ0) is 14.0. The molecular weight excluding hydrogens is 250 g/mol. The number of rotatable bonds is 2. The van der Waals surface area contributed by atoms with Crippen LogP contribution in [0.2, 0.25) is 0 Å². The standard InChI is InChI=1S/C14H12F2N2O/c1-18(11-4-2-3-10(17)8-11)14(19)9-5-6-12(15)13(16)7-9/h2-8H,17H2,1H3. The summed E-state index contributed by atoms with van der Waals surface area (Å²) in [4.78, 5) is 13.4. The summed E-state index contributed by atoms with van der Waals surface area (Å²) < 4.78 is 25.9. The molecule has 0 aromatic heterocycles. The van der Waals surface area contributed by atoms with E-state index in [4.69, 9.17) is 5.73 Å². The Bertz CT molecular complexity index is 629. The van der Waals surface area contributed by atoms with E-state index in [0.717, 1.165) is 12.1 Å². The first kappa shape index (κ1) is 13.0. The lowest BCUT2D eigenvalue weighted by Crippen LogP contribution is -2.26. The fourth-order valence-corrected chi connectivity index (χ4v) is 1.67. The number of carbonyl (C=O) groups excluding carboxylic acids is 1. The SMILES string of the molecule is CN(C(=O)c1ccc(F)c(F)c1)c1cccc(N)c1. The maximum Gasteiger partial charge on any atom is 0.258 e. The zero-order valence-corrected chi connectivity index (χ0v) is 10.2. The van der Waals surface area contributed by atoms with E-state index in [1.807, 2.05) is 0 Å². The van der Waals surface area contributed by atoms with Crippen molar-refractivity contribution >= 4 is 17.3 Å². The van der Waals surface area contributed by atoms with Gasteiger partial charge >= 0.3 is 0 Å². The molecule has 2 N–H and O–H groups in total. The fraction of sp³-hybridized carbons (Fsp3) is 0.0714. The van der Waals surface area contributed by atoms with Crippen LogP contribution in [-0.4, -0.2) is 13.0 Å². The number of nitrogens with zero attached hydrogens (tertiary/aromatic N) is 1. The van der Waals surface area contributed by atoms with E-state index >= 15 is 0 Å². The number of amides is 1. The van der Waals surface area contributed by atoms with Crippen LogP contribution in [0, 0.1) is 11.6 Å². The van der Waals surface area contributed by atoms with Crippen molar-refractivity contribution in [3.05, 3.63) is 59.7 Å². The molecule has 0 unspecified atom stereocenters. The van der Waals surface area contributed by atoms with Crippen LogP contribution in [0.25, 0.3) is 0 Å². The number of carbonyl (C=O) groups is 1. The van der Waals surface area contributed by atoms with E-state index in [-0.39, 0.29) is 5.56 Å². The Hall–Kier alpha value is -2.43. The number of hydrogen-bond donors (Lipinski definition) is 1. The Morgan fingerprint density at radius 3 is 2.47 bits per heavy atom. The average Bonchev–Trinajstić information content (AvgIpc) is 2.40. The average molecular weight is 262 g/mol. The molecule has 0 saturated carbocycles. The molecular formula is C14H12F2N2O. The first-order valence-electron chi connectivity index (χ1n) is 5.57. The highest BCUT2D eigenvalue weighted by Gasteiger charge is 2.15. The Morgan fingerprint density at radius 1 is 1.11 bits per heavy atom. The summed E-state index contributed by atoms with van der Waals surface area (Å²) in [5.41, 5.74) is 6.80. The lowest BCUT2D eigenvalue weighted by atomic mass is 10.1. The maximum absolute atomic E-state index is 13.1. The molecule has 0 aliphatic heterocycles. The summed E-state index contributed by atoms with van der Waals surface area (Å²) in [5.74, 6) is -2.47. The highest BCUT2D eigenvalue weighted by atomic mass is 19.2. The Morgan fingerprint density at radius 2 is 1.84 bits per heavy atom. The fourth-order valence-electron chi connectivity index (χ4n) is 1.67. The van der Waals surface area contributed by atoms with Crippen molar-refractivity contribution in [3.63, 3.8) is 0 Å². The molecule has 98 valence electrons. The third-order valence-corrected chi connectivity index (χ3v) is 2.73. The molecule has 0 atom stereocenters. The zero-order valence-electron chi connectivity index (χ0n) is 10.2. The largest absolute Gasteiger partial charge is 0.399 e. The predicted molar refractivity (Wildman–Crippen MR) is 69.9 cm³/mol. The second-order valence-electron chi connectivity index (χ2n) is 4.09. The van der Waals surface area contributed by atoms with E-state index in [1.165, 1.54) is 11.0 Å². The number of anilines is 2. The third-order valence-electron chi connectivity index (χ3n) is 2.73. The Kier molecular flexibility index (Phi) is 3.46. The van der Waals surface area contributed by atoms with Gasteiger partial charge in [-0.15, -0.1) is 0 Å². The van der Waals surface area contributed by atoms with Gasteiger partial charge in [-0.3, -0.25) is 4.79 Å². The van der Waals surface area contributed by atoms with Crippen molar-refractivity contribution < 1.29 is 13.6 Å². The minimum Gasteiger partial charge on any atom is -0.399 e. The van der Waals surface area contributed by atoms with Gasteiger partial charge in [-0.05, 0) is 36.4 Å². The topological polar surface area (TPSA) is 46.3 Å². The number of nitrogens with two attached hydrogens (primary N) is 1. The molecule has 19 heavy (non-hydrogen) atoms. The van der Waals surface area contributed by atoms with Gasteiger partial charge in [0.15, 0.2) is 11.6 Å². The third kappa shape index (κ3) is 2.70. The molecule has 2 rings (SSSR count). The second kappa shape index (κ2) is 5.06.